The molecule has 2 amide bonds. The Morgan fingerprint density at radius 1 is 1.21 bits per heavy atom. The van der Waals surface area contributed by atoms with E-state index in [9.17, 15) is 4.79 Å². The molecule has 5 heteroatoms. The lowest BCUT2D eigenvalue weighted by molar-refractivity contribution is 0.0657. The van der Waals surface area contributed by atoms with Crippen LogP contribution >= 0.6 is 0 Å². The van der Waals surface area contributed by atoms with Gasteiger partial charge in [-0.2, -0.15) is 0 Å². The Morgan fingerprint density at radius 2 is 1.83 bits per heavy atom. The van der Waals surface area contributed by atoms with Gasteiger partial charge in [-0.3, -0.25) is 4.90 Å². The van der Waals surface area contributed by atoms with Crippen molar-refractivity contribution in [3.63, 3.8) is 0 Å². The van der Waals surface area contributed by atoms with Crippen LogP contribution in [0.4, 0.5) is 4.79 Å². The van der Waals surface area contributed by atoms with Crippen LogP contribution in [0.2, 0.25) is 0 Å². The summed E-state index contributed by atoms with van der Waals surface area (Å²) in [6.07, 6.45) is 5.54. The predicted molar refractivity (Wildman–Crippen MR) is 95.4 cm³/mol. The molecule has 24 heavy (non-hydrogen) atoms. The number of amides is 2. The average molecular weight is 329 g/mol. The minimum Gasteiger partial charge on any atom is -0.374 e. The summed E-state index contributed by atoms with van der Waals surface area (Å²) in [7, 11) is 0. The Balaban J connectivity index is 1.73. The minimum atomic E-state index is -0.0115. The summed E-state index contributed by atoms with van der Waals surface area (Å²) >= 11 is 0. The van der Waals surface area contributed by atoms with Crippen LogP contribution in [0.1, 0.15) is 25.0 Å². The number of ether oxygens (including phenoxy) is 1. The lowest BCUT2D eigenvalue weighted by Gasteiger charge is -2.33. The van der Waals surface area contributed by atoms with E-state index >= 15 is 0 Å². The van der Waals surface area contributed by atoms with E-state index in [-0.39, 0.29) is 12.1 Å². The summed E-state index contributed by atoms with van der Waals surface area (Å²) in [5.41, 5.74) is 2.23. The van der Waals surface area contributed by atoms with Crippen molar-refractivity contribution in [1.82, 2.24) is 15.1 Å². The number of benzene rings is 1. The number of hydrogen-bond donors (Lipinski definition) is 1. The Kier molecular flexibility index (Phi) is 7.10. The molecular weight excluding hydrogens is 302 g/mol. The Morgan fingerprint density at radius 3 is 2.42 bits per heavy atom. The van der Waals surface area contributed by atoms with Gasteiger partial charge in [0.1, 0.15) is 0 Å². The van der Waals surface area contributed by atoms with Gasteiger partial charge >= 0.3 is 6.03 Å². The first kappa shape index (κ1) is 18.3. The van der Waals surface area contributed by atoms with Crippen molar-refractivity contribution < 1.29 is 9.53 Å². The summed E-state index contributed by atoms with van der Waals surface area (Å²) in [5.74, 6) is 2.65. The normalized spacial score (nSPS) is 15.3. The summed E-state index contributed by atoms with van der Waals surface area (Å²) in [4.78, 5) is 16.2. The van der Waals surface area contributed by atoms with Gasteiger partial charge in [-0.25, -0.2) is 4.79 Å². The number of nitrogens with zero attached hydrogens (tertiary/aromatic N) is 2. The smallest absolute Gasteiger partial charge is 0.317 e. The molecule has 1 aromatic carbocycles. The number of terminal acetylenes is 1. The fourth-order valence-electron chi connectivity index (χ4n) is 2.54. The fourth-order valence-corrected chi connectivity index (χ4v) is 2.54. The monoisotopic (exact) mass is 329 g/mol. The van der Waals surface area contributed by atoms with E-state index in [2.05, 4.69) is 16.1 Å². The van der Waals surface area contributed by atoms with Gasteiger partial charge < -0.3 is 15.0 Å². The lowest BCUT2D eigenvalue weighted by atomic mass is 10.1. The molecule has 0 bridgehead atoms. The molecule has 0 aliphatic carbocycles. The molecule has 1 N–H and O–H groups in total. The number of urea groups is 1. The van der Waals surface area contributed by atoms with Crippen molar-refractivity contribution in [2.75, 3.05) is 32.7 Å². The second kappa shape index (κ2) is 9.31. The van der Waals surface area contributed by atoms with Crippen LogP contribution in [0.5, 0.6) is 0 Å². The van der Waals surface area contributed by atoms with Crippen LogP contribution in [0.25, 0.3) is 0 Å². The van der Waals surface area contributed by atoms with E-state index in [0.29, 0.717) is 19.7 Å². The standard InChI is InChI=1S/C19H27N3O2/c1-4-9-21-10-12-22(13-11-21)19(23)20-14-17-5-7-18(8-6-17)15-24-16(2)3/h1,5-8,16H,9-15H2,2-3H3,(H,20,23). The van der Waals surface area contributed by atoms with Crippen molar-refractivity contribution in [3.05, 3.63) is 35.4 Å². The topological polar surface area (TPSA) is 44.8 Å². The third kappa shape index (κ3) is 5.88. The molecule has 0 unspecified atom stereocenters. The first-order valence-corrected chi connectivity index (χ1v) is 8.46. The summed E-state index contributed by atoms with van der Waals surface area (Å²) in [6.45, 7) is 8.97. The molecule has 0 atom stereocenters. The number of hydrogen-bond acceptors (Lipinski definition) is 3. The third-order valence-corrected chi connectivity index (χ3v) is 4.02. The number of carbonyl (C=O) groups excluding carboxylic acids is 1. The molecule has 1 aliphatic rings. The SMILES string of the molecule is C#CCN1CCN(C(=O)NCc2ccc(COC(C)C)cc2)CC1. The van der Waals surface area contributed by atoms with Crippen LogP contribution in [-0.2, 0) is 17.9 Å². The van der Waals surface area contributed by atoms with Crippen molar-refractivity contribution in [3.8, 4) is 12.3 Å². The van der Waals surface area contributed by atoms with Gasteiger partial charge in [0.05, 0.1) is 19.3 Å². The zero-order chi connectivity index (χ0) is 17.4. The molecule has 130 valence electrons. The van der Waals surface area contributed by atoms with Crippen molar-refractivity contribution in [2.24, 2.45) is 0 Å². The van der Waals surface area contributed by atoms with Crippen LogP contribution in [0.15, 0.2) is 24.3 Å². The average Bonchev–Trinajstić information content (AvgIpc) is 2.59. The molecule has 1 aliphatic heterocycles. The molecular formula is C19H27N3O2. The number of rotatable bonds is 6. The van der Waals surface area contributed by atoms with Gasteiger partial charge in [0.2, 0.25) is 0 Å². The highest BCUT2D eigenvalue weighted by Gasteiger charge is 2.20. The molecule has 0 radical (unpaired) electrons. The number of nitrogens with one attached hydrogen (secondary N) is 1. The highest BCUT2D eigenvalue weighted by Crippen LogP contribution is 2.08. The van der Waals surface area contributed by atoms with Crippen LogP contribution in [0, 0.1) is 12.3 Å². The Bertz CT molecular complexity index is 555. The summed E-state index contributed by atoms with van der Waals surface area (Å²) < 4.78 is 5.58. The van der Waals surface area contributed by atoms with E-state index in [0.717, 1.165) is 37.3 Å². The van der Waals surface area contributed by atoms with Crippen LogP contribution < -0.4 is 5.32 Å². The minimum absolute atomic E-state index is 0.0115. The highest BCUT2D eigenvalue weighted by molar-refractivity contribution is 5.74. The zero-order valence-electron chi connectivity index (χ0n) is 14.6. The lowest BCUT2D eigenvalue weighted by Crippen LogP contribution is -2.51. The molecule has 1 fully saturated rings. The maximum atomic E-state index is 12.2. The fraction of sp³-hybridized carbons (Fsp3) is 0.526. The second-order valence-corrected chi connectivity index (χ2v) is 6.30. The van der Waals surface area contributed by atoms with Gasteiger partial charge in [-0.1, -0.05) is 30.2 Å². The first-order chi connectivity index (χ1) is 11.6. The Hall–Kier alpha value is -2.03. The molecule has 0 spiro atoms. The Labute approximate surface area is 145 Å². The molecule has 0 aromatic heterocycles. The van der Waals surface area contributed by atoms with Crippen molar-refractivity contribution >= 4 is 6.03 Å². The quantitative estimate of drug-likeness (QED) is 0.813. The van der Waals surface area contributed by atoms with E-state index in [1.165, 1.54) is 0 Å². The van der Waals surface area contributed by atoms with E-state index in [4.69, 9.17) is 11.2 Å². The predicted octanol–water partition coefficient (Wildman–Crippen LogP) is 2.07. The maximum absolute atomic E-state index is 12.2. The molecule has 2 rings (SSSR count). The van der Waals surface area contributed by atoms with E-state index in [1.807, 2.05) is 43.0 Å². The highest BCUT2D eigenvalue weighted by atomic mass is 16.5. The maximum Gasteiger partial charge on any atom is 0.317 e. The van der Waals surface area contributed by atoms with Crippen LogP contribution in [-0.4, -0.2) is 54.7 Å². The molecule has 0 saturated carbocycles. The summed E-state index contributed by atoms with van der Waals surface area (Å²) in [6, 6.07) is 8.14. The largest absolute Gasteiger partial charge is 0.374 e. The van der Waals surface area contributed by atoms with E-state index in [1.54, 1.807) is 0 Å². The van der Waals surface area contributed by atoms with Crippen molar-refractivity contribution in [2.45, 2.75) is 33.1 Å². The molecule has 1 saturated heterocycles. The molecule has 5 nitrogen and oxygen atoms in total. The van der Waals surface area contributed by atoms with Crippen LogP contribution in [0.3, 0.4) is 0 Å². The third-order valence-electron chi connectivity index (χ3n) is 4.02. The zero-order valence-corrected chi connectivity index (χ0v) is 14.6. The second-order valence-electron chi connectivity index (χ2n) is 6.30. The van der Waals surface area contributed by atoms with Gasteiger partial charge in [0, 0.05) is 32.7 Å². The van der Waals surface area contributed by atoms with Crippen molar-refractivity contribution in [1.29, 1.82) is 0 Å². The van der Waals surface area contributed by atoms with Gasteiger partial charge in [0.15, 0.2) is 0 Å². The molecule has 1 aromatic rings. The van der Waals surface area contributed by atoms with Gasteiger partial charge in [0.25, 0.3) is 0 Å². The first-order valence-electron chi connectivity index (χ1n) is 8.46. The van der Waals surface area contributed by atoms with E-state index < -0.39 is 0 Å². The van der Waals surface area contributed by atoms with Gasteiger partial charge in [-0.15, -0.1) is 6.42 Å². The number of piperazine rings is 1. The number of carbonyl (C=O) groups is 1. The molecule has 1 heterocycles. The summed E-state index contributed by atoms with van der Waals surface area (Å²) in [5, 5.41) is 2.98. The van der Waals surface area contributed by atoms with Gasteiger partial charge in [-0.05, 0) is 25.0 Å².